The van der Waals surface area contributed by atoms with Crippen LogP contribution >= 0.6 is 11.8 Å². The fraction of sp³-hybridized carbons (Fsp3) is 0.318. The number of benzene rings is 2. The first-order chi connectivity index (χ1) is 14.7. The Morgan fingerprint density at radius 2 is 2.03 bits per heavy atom. The fourth-order valence-electron chi connectivity index (χ4n) is 3.24. The predicted octanol–water partition coefficient (Wildman–Crippen LogP) is 5.04. The van der Waals surface area contributed by atoms with E-state index in [2.05, 4.69) is 27.4 Å². The van der Waals surface area contributed by atoms with E-state index in [0.717, 1.165) is 29.0 Å². The number of thioether (sulfide) groups is 1. The number of phenolic OH excluding ortho intramolecular Hbond substituents is 1. The van der Waals surface area contributed by atoms with Crippen molar-refractivity contribution in [2.24, 2.45) is 0 Å². The number of nitrogens with zero attached hydrogens (tertiary/aromatic N) is 3. The Morgan fingerprint density at radius 1 is 1.17 bits per heavy atom. The van der Waals surface area contributed by atoms with E-state index in [1.54, 1.807) is 23.9 Å². The van der Waals surface area contributed by atoms with E-state index in [4.69, 9.17) is 9.47 Å². The van der Waals surface area contributed by atoms with Gasteiger partial charge in [0.05, 0.1) is 7.11 Å². The Labute approximate surface area is 179 Å². The number of aromatic nitrogens is 3. The summed E-state index contributed by atoms with van der Waals surface area (Å²) in [5, 5.41) is 22.9. The number of phenols is 1. The highest BCUT2D eigenvalue weighted by molar-refractivity contribution is 7.99. The first kappa shape index (κ1) is 20.3. The van der Waals surface area contributed by atoms with Crippen molar-refractivity contribution >= 4 is 17.4 Å². The van der Waals surface area contributed by atoms with Crippen molar-refractivity contribution in [1.82, 2.24) is 15.2 Å². The number of hydrogen-bond donors (Lipinski definition) is 2. The molecule has 0 fully saturated rings. The molecule has 0 saturated carbocycles. The Bertz CT molecular complexity index is 1030. The second kappa shape index (κ2) is 9.21. The molecular formula is C22H24N4O3S. The van der Waals surface area contributed by atoms with E-state index in [0.29, 0.717) is 22.5 Å². The van der Waals surface area contributed by atoms with E-state index in [9.17, 15) is 5.11 Å². The maximum atomic E-state index is 10.2. The highest BCUT2D eigenvalue weighted by Crippen LogP contribution is 2.40. The van der Waals surface area contributed by atoms with Crippen LogP contribution in [0, 0.1) is 0 Å². The molecule has 3 aromatic rings. The number of anilines is 1. The van der Waals surface area contributed by atoms with E-state index in [1.165, 1.54) is 20.0 Å². The number of aromatic hydroxyl groups is 1. The quantitative estimate of drug-likeness (QED) is 0.403. The van der Waals surface area contributed by atoms with Gasteiger partial charge < -0.3 is 19.9 Å². The number of para-hydroxylation sites is 1. The molecule has 1 aliphatic rings. The van der Waals surface area contributed by atoms with Crippen LogP contribution in [0.2, 0.25) is 0 Å². The van der Waals surface area contributed by atoms with Crippen LogP contribution in [-0.2, 0) is 0 Å². The van der Waals surface area contributed by atoms with Crippen molar-refractivity contribution < 1.29 is 14.6 Å². The molecule has 0 radical (unpaired) electrons. The number of rotatable bonds is 7. The molecule has 1 aliphatic heterocycles. The Kier molecular flexibility index (Phi) is 6.23. The zero-order valence-electron chi connectivity index (χ0n) is 17.0. The number of nitrogens with one attached hydrogen (secondary N) is 1. The summed E-state index contributed by atoms with van der Waals surface area (Å²) in [5.74, 6) is 1.81. The van der Waals surface area contributed by atoms with Gasteiger partial charge in [-0.15, -0.1) is 10.2 Å². The largest absolute Gasteiger partial charge is 0.504 e. The van der Waals surface area contributed by atoms with Gasteiger partial charge in [-0.05, 0) is 30.7 Å². The maximum Gasteiger partial charge on any atom is 0.247 e. The molecule has 1 aromatic heterocycles. The first-order valence-electron chi connectivity index (χ1n) is 9.96. The topological polar surface area (TPSA) is 89.4 Å². The summed E-state index contributed by atoms with van der Waals surface area (Å²) < 4.78 is 11.4. The van der Waals surface area contributed by atoms with Crippen LogP contribution in [0.1, 0.15) is 38.0 Å². The lowest BCUT2D eigenvalue weighted by molar-refractivity contribution is 0.224. The van der Waals surface area contributed by atoms with Gasteiger partial charge in [0.2, 0.25) is 11.0 Å². The second-order valence-corrected chi connectivity index (χ2v) is 7.98. The number of hydrogen-bond acceptors (Lipinski definition) is 8. The standard InChI is InChI=1S/C22H24N4O3S/c1-3-4-7-12-30-22-24-21-19(25-26-22)15-8-5-6-9-16(15)23-20(29-21)14-10-11-18(28-2)17(27)13-14/h5-6,8-11,13,20,23,27H,3-4,7,12H2,1-2H3. The second-order valence-electron chi connectivity index (χ2n) is 6.92. The monoisotopic (exact) mass is 424 g/mol. The minimum atomic E-state index is -0.557. The molecule has 0 spiro atoms. The third kappa shape index (κ3) is 4.28. The third-order valence-electron chi connectivity index (χ3n) is 4.82. The normalized spacial score (nSPS) is 14.7. The van der Waals surface area contributed by atoms with Crippen LogP contribution < -0.4 is 14.8 Å². The number of fused-ring (bicyclic) bond motifs is 3. The Balaban J connectivity index is 1.68. The summed E-state index contributed by atoms with van der Waals surface area (Å²) in [6, 6.07) is 13.0. The van der Waals surface area contributed by atoms with Gasteiger partial charge in [0.1, 0.15) is 0 Å². The molecule has 0 amide bonds. The molecule has 2 N–H and O–H groups in total. The lowest BCUT2D eigenvalue weighted by Crippen LogP contribution is -2.17. The van der Waals surface area contributed by atoms with Crippen molar-refractivity contribution in [3.05, 3.63) is 48.0 Å². The van der Waals surface area contributed by atoms with Gasteiger partial charge in [0.15, 0.2) is 23.4 Å². The summed E-state index contributed by atoms with van der Waals surface area (Å²) in [6.45, 7) is 2.18. The van der Waals surface area contributed by atoms with Crippen LogP contribution in [0.25, 0.3) is 11.3 Å². The van der Waals surface area contributed by atoms with Crippen LogP contribution in [0.5, 0.6) is 17.4 Å². The predicted molar refractivity (Wildman–Crippen MR) is 117 cm³/mol. The molecule has 4 rings (SSSR count). The van der Waals surface area contributed by atoms with Gasteiger partial charge in [0.25, 0.3) is 0 Å². The van der Waals surface area contributed by atoms with Gasteiger partial charge >= 0.3 is 0 Å². The number of ether oxygens (including phenoxy) is 2. The van der Waals surface area contributed by atoms with E-state index in [-0.39, 0.29) is 5.75 Å². The van der Waals surface area contributed by atoms with E-state index < -0.39 is 6.23 Å². The SMILES string of the molecule is CCCCCSc1nnc2c(n1)OC(c1ccc(OC)c(O)c1)Nc1ccccc1-2. The lowest BCUT2D eigenvalue weighted by atomic mass is 10.1. The van der Waals surface area contributed by atoms with Gasteiger partial charge in [-0.25, -0.2) is 0 Å². The van der Waals surface area contributed by atoms with Gasteiger partial charge in [-0.3, -0.25) is 0 Å². The molecule has 0 aliphatic carbocycles. The molecule has 0 bridgehead atoms. The van der Waals surface area contributed by atoms with E-state index >= 15 is 0 Å². The van der Waals surface area contributed by atoms with Gasteiger partial charge in [-0.2, -0.15) is 4.98 Å². The molecule has 2 heterocycles. The smallest absolute Gasteiger partial charge is 0.247 e. The molecule has 7 nitrogen and oxygen atoms in total. The average Bonchev–Trinajstić information content (AvgIpc) is 2.93. The van der Waals surface area contributed by atoms with Crippen molar-refractivity contribution in [1.29, 1.82) is 0 Å². The zero-order chi connectivity index (χ0) is 20.9. The number of unbranched alkanes of at least 4 members (excludes halogenated alkanes) is 2. The number of methoxy groups -OCH3 is 1. The van der Waals surface area contributed by atoms with Gasteiger partial charge in [-0.1, -0.05) is 49.7 Å². The van der Waals surface area contributed by atoms with Crippen molar-refractivity contribution in [3.63, 3.8) is 0 Å². The highest BCUT2D eigenvalue weighted by Gasteiger charge is 2.26. The Morgan fingerprint density at radius 3 is 2.83 bits per heavy atom. The minimum Gasteiger partial charge on any atom is -0.504 e. The van der Waals surface area contributed by atoms with Crippen molar-refractivity contribution in [3.8, 4) is 28.6 Å². The zero-order valence-corrected chi connectivity index (χ0v) is 17.8. The van der Waals surface area contributed by atoms with Crippen LogP contribution in [0.3, 0.4) is 0 Å². The van der Waals surface area contributed by atoms with Crippen molar-refractivity contribution in [2.45, 2.75) is 37.6 Å². The van der Waals surface area contributed by atoms with Crippen LogP contribution in [-0.4, -0.2) is 33.2 Å². The minimum absolute atomic E-state index is 0.0473. The molecule has 0 saturated heterocycles. The third-order valence-corrected chi connectivity index (χ3v) is 5.74. The average molecular weight is 425 g/mol. The highest BCUT2D eigenvalue weighted by atomic mass is 32.2. The summed E-state index contributed by atoms with van der Waals surface area (Å²) in [5.41, 5.74) is 3.06. The summed E-state index contributed by atoms with van der Waals surface area (Å²) in [7, 11) is 1.52. The fourth-order valence-corrected chi connectivity index (χ4v) is 4.02. The van der Waals surface area contributed by atoms with Crippen molar-refractivity contribution in [2.75, 3.05) is 18.2 Å². The molecule has 1 unspecified atom stereocenters. The summed E-state index contributed by atoms with van der Waals surface area (Å²) >= 11 is 1.58. The van der Waals surface area contributed by atoms with Crippen LogP contribution in [0.4, 0.5) is 5.69 Å². The molecular weight excluding hydrogens is 400 g/mol. The summed E-state index contributed by atoms with van der Waals surface area (Å²) in [4.78, 5) is 4.64. The molecule has 2 aromatic carbocycles. The van der Waals surface area contributed by atoms with Gasteiger partial charge in [0, 0.05) is 22.6 Å². The molecule has 1 atom stereocenters. The van der Waals surface area contributed by atoms with E-state index in [1.807, 2.05) is 30.3 Å². The summed E-state index contributed by atoms with van der Waals surface area (Å²) in [6.07, 6.45) is 2.91. The maximum absolute atomic E-state index is 10.2. The Hall–Kier alpha value is -3.00. The first-order valence-corrected chi connectivity index (χ1v) is 10.9. The molecule has 156 valence electrons. The van der Waals surface area contributed by atoms with Crippen LogP contribution in [0.15, 0.2) is 47.6 Å². The molecule has 8 heteroatoms. The molecule has 30 heavy (non-hydrogen) atoms. The lowest BCUT2D eigenvalue weighted by Gasteiger charge is -2.20.